The molecule has 2 rings (SSSR count). The summed E-state index contributed by atoms with van der Waals surface area (Å²) in [5.41, 5.74) is 1.30. The van der Waals surface area contributed by atoms with Gasteiger partial charge in [-0.25, -0.2) is 4.98 Å². The van der Waals surface area contributed by atoms with E-state index in [1.54, 1.807) is 12.5 Å². The van der Waals surface area contributed by atoms with Gasteiger partial charge in [0.2, 0.25) is 11.8 Å². The summed E-state index contributed by atoms with van der Waals surface area (Å²) in [5, 5.41) is 7.98. The Bertz CT molecular complexity index is 748. The molecule has 2 N–H and O–H groups in total. The van der Waals surface area contributed by atoms with Gasteiger partial charge < -0.3 is 15.4 Å². The standard InChI is InChI=1S/C19H25N3O3S/c1-19(2,3)17(24)22-18-21-14(12-26-18)11-16(23)20-10-9-13-5-7-15(25-4)8-6-13/h5-8,12H,9-11H2,1-4H3,(H,20,23)(H,21,22,24). The quantitative estimate of drug-likeness (QED) is 0.779. The van der Waals surface area contributed by atoms with E-state index < -0.39 is 5.41 Å². The fraction of sp³-hybridized carbons (Fsp3) is 0.421. The highest BCUT2D eigenvalue weighted by Crippen LogP contribution is 2.20. The number of methoxy groups -OCH3 is 1. The van der Waals surface area contributed by atoms with Gasteiger partial charge in [0, 0.05) is 17.3 Å². The number of ether oxygens (including phenoxy) is 1. The van der Waals surface area contributed by atoms with Crippen molar-refractivity contribution < 1.29 is 14.3 Å². The van der Waals surface area contributed by atoms with Crippen LogP contribution in [0.1, 0.15) is 32.0 Å². The highest BCUT2D eigenvalue weighted by molar-refractivity contribution is 7.13. The van der Waals surface area contributed by atoms with Crippen molar-refractivity contribution >= 4 is 28.3 Å². The zero-order chi connectivity index (χ0) is 19.2. The van der Waals surface area contributed by atoms with Gasteiger partial charge in [-0.1, -0.05) is 32.9 Å². The Kier molecular flexibility index (Phi) is 6.74. The van der Waals surface area contributed by atoms with E-state index >= 15 is 0 Å². The molecule has 0 bridgehead atoms. The first-order valence-corrected chi connectivity index (χ1v) is 9.31. The molecule has 0 fully saturated rings. The molecule has 1 heterocycles. The third kappa shape index (κ3) is 6.15. The number of carbonyl (C=O) groups excluding carboxylic acids is 2. The van der Waals surface area contributed by atoms with E-state index in [1.807, 2.05) is 45.0 Å². The van der Waals surface area contributed by atoms with Crippen LogP contribution in [0.4, 0.5) is 5.13 Å². The molecule has 0 saturated carbocycles. The van der Waals surface area contributed by atoms with Crippen molar-refractivity contribution in [2.24, 2.45) is 5.41 Å². The van der Waals surface area contributed by atoms with Gasteiger partial charge in [-0.2, -0.15) is 0 Å². The van der Waals surface area contributed by atoms with E-state index in [1.165, 1.54) is 11.3 Å². The molecule has 26 heavy (non-hydrogen) atoms. The molecule has 140 valence electrons. The summed E-state index contributed by atoms with van der Waals surface area (Å²) in [7, 11) is 1.63. The van der Waals surface area contributed by atoms with Crippen molar-refractivity contribution in [3.8, 4) is 5.75 Å². The summed E-state index contributed by atoms with van der Waals surface area (Å²) in [5.74, 6) is 0.635. The van der Waals surface area contributed by atoms with Crippen molar-refractivity contribution in [3.05, 3.63) is 40.9 Å². The monoisotopic (exact) mass is 375 g/mol. The molecule has 2 amide bonds. The summed E-state index contributed by atoms with van der Waals surface area (Å²) in [6.45, 7) is 6.08. The molecule has 0 atom stereocenters. The Labute approximate surface area is 158 Å². The van der Waals surface area contributed by atoms with Crippen molar-refractivity contribution in [3.63, 3.8) is 0 Å². The number of rotatable bonds is 7. The number of anilines is 1. The van der Waals surface area contributed by atoms with Crippen LogP contribution in [0.25, 0.3) is 0 Å². The molecule has 1 aromatic carbocycles. The van der Waals surface area contributed by atoms with Crippen molar-refractivity contribution in [2.75, 3.05) is 19.0 Å². The molecule has 1 aromatic heterocycles. The highest BCUT2D eigenvalue weighted by Gasteiger charge is 2.22. The van der Waals surface area contributed by atoms with E-state index in [2.05, 4.69) is 15.6 Å². The predicted molar refractivity (Wildman–Crippen MR) is 104 cm³/mol. The lowest BCUT2D eigenvalue weighted by Gasteiger charge is -2.15. The third-order valence-corrected chi connectivity index (χ3v) is 4.50. The second-order valence-corrected chi connectivity index (χ2v) is 7.83. The largest absolute Gasteiger partial charge is 0.497 e. The van der Waals surface area contributed by atoms with Gasteiger partial charge in [-0.15, -0.1) is 11.3 Å². The number of benzene rings is 1. The van der Waals surface area contributed by atoms with Gasteiger partial charge in [0.1, 0.15) is 5.75 Å². The lowest BCUT2D eigenvalue weighted by Crippen LogP contribution is -2.28. The zero-order valence-electron chi connectivity index (χ0n) is 15.6. The number of nitrogens with one attached hydrogen (secondary N) is 2. The second kappa shape index (κ2) is 8.80. The first-order valence-electron chi connectivity index (χ1n) is 8.43. The Morgan fingerprint density at radius 2 is 1.88 bits per heavy atom. The van der Waals surface area contributed by atoms with Crippen LogP contribution in [0, 0.1) is 5.41 Å². The average Bonchev–Trinajstić information content (AvgIpc) is 3.01. The van der Waals surface area contributed by atoms with Crippen LogP contribution >= 0.6 is 11.3 Å². The van der Waals surface area contributed by atoms with E-state index in [4.69, 9.17) is 4.74 Å². The summed E-state index contributed by atoms with van der Waals surface area (Å²) >= 11 is 1.33. The number of carbonyl (C=O) groups is 2. The van der Waals surface area contributed by atoms with Crippen LogP contribution in [0.3, 0.4) is 0 Å². The van der Waals surface area contributed by atoms with Crippen LogP contribution in [0.15, 0.2) is 29.6 Å². The summed E-state index contributed by atoms with van der Waals surface area (Å²) in [6.07, 6.45) is 0.949. The maximum absolute atomic E-state index is 12.0. The smallest absolute Gasteiger partial charge is 0.231 e. The van der Waals surface area contributed by atoms with Crippen LogP contribution < -0.4 is 15.4 Å². The summed E-state index contributed by atoms with van der Waals surface area (Å²) in [6, 6.07) is 7.77. The van der Waals surface area contributed by atoms with Crippen molar-refractivity contribution in [1.82, 2.24) is 10.3 Å². The van der Waals surface area contributed by atoms with E-state index in [0.717, 1.165) is 17.7 Å². The van der Waals surface area contributed by atoms with Gasteiger partial charge in [0.25, 0.3) is 0 Å². The molecule has 0 unspecified atom stereocenters. The maximum Gasteiger partial charge on any atom is 0.231 e. The Hall–Kier alpha value is -2.41. The van der Waals surface area contributed by atoms with Crippen LogP contribution in [-0.2, 0) is 22.4 Å². The van der Waals surface area contributed by atoms with Gasteiger partial charge in [0.15, 0.2) is 5.13 Å². The zero-order valence-corrected chi connectivity index (χ0v) is 16.4. The molecule has 6 nitrogen and oxygen atoms in total. The van der Waals surface area contributed by atoms with Gasteiger partial charge in [-0.05, 0) is 24.1 Å². The summed E-state index contributed by atoms with van der Waals surface area (Å²) in [4.78, 5) is 28.3. The van der Waals surface area contributed by atoms with Gasteiger partial charge in [-0.3, -0.25) is 9.59 Å². The normalized spacial score (nSPS) is 11.1. The molecule has 0 aliphatic carbocycles. The predicted octanol–water partition coefficient (Wildman–Crippen LogP) is 3.04. The number of nitrogens with zero attached hydrogens (tertiary/aromatic N) is 1. The molecular formula is C19H25N3O3S. The first kappa shape index (κ1) is 19.9. The van der Waals surface area contributed by atoms with Crippen LogP contribution in [-0.4, -0.2) is 30.5 Å². The lowest BCUT2D eigenvalue weighted by atomic mass is 9.96. The topological polar surface area (TPSA) is 80.3 Å². The molecule has 2 aromatic rings. The van der Waals surface area contributed by atoms with Gasteiger partial charge >= 0.3 is 0 Å². The lowest BCUT2D eigenvalue weighted by molar-refractivity contribution is -0.123. The fourth-order valence-corrected chi connectivity index (χ4v) is 2.80. The SMILES string of the molecule is COc1ccc(CCNC(=O)Cc2csc(NC(=O)C(C)(C)C)n2)cc1. The molecule has 0 aliphatic heterocycles. The van der Waals surface area contributed by atoms with Crippen LogP contribution in [0.2, 0.25) is 0 Å². The van der Waals surface area contributed by atoms with Crippen LogP contribution in [0.5, 0.6) is 5.75 Å². The molecule has 0 radical (unpaired) electrons. The molecule has 0 spiro atoms. The minimum atomic E-state index is -0.481. The Morgan fingerprint density at radius 1 is 1.19 bits per heavy atom. The second-order valence-electron chi connectivity index (χ2n) is 6.97. The fourth-order valence-electron chi connectivity index (χ4n) is 2.10. The molecule has 7 heteroatoms. The first-order chi connectivity index (χ1) is 12.3. The minimum absolute atomic E-state index is 0.0856. The number of hydrogen-bond acceptors (Lipinski definition) is 5. The van der Waals surface area contributed by atoms with Gasteiger partial charge in [0.05, 0.1) is 19.2 Å². The average molecular weight is 375 g/mol. The van der Waals surface area contributed by atoms with E-state index in [0.29, 0.717) is 17.4 Å². The highest BCUT2D eigenvalue weighted by atomic mass is 32.1. The maximum atomic E-state index is 12.0. The minimum Gasteiger partial charge on any atom is -0.497 e. The number of amides is 2. The van der Waals surface area contributed by atoms with Crippen molar-refractivity contribution in [2.45, 2.75) is 33.6 Å². The van der Waals surface area contributed by atoms with Crippen molar-refractivity contribution in [1.29, 1.82) is 0 Å². The third-order valence-electron chi connectivity index (χ3n) is 3.69. The Morgan fingerprint density at radius 3 is 2.50 bits per heavy atom. The summed E-state index contributed by atoms with van der Waals surface area (Å²) < 4.78 is 5.12. The molecule has 0 aliphatic rings. The van der Waals surface area contributed by atoms with E-state index in [-0.39, 0.29) is 18.2 Å². The molecular weight excluding hydrogens is 350 g/mol. The Balaban J connectivity index is 1.76. The number of hydrogen-bond donors (Lipinski definition) is 2. The number of aromatic nitrogens is 1. The van der Waals surface area contributed by atoms with E-state index in [9.17, 15) is 9.59 Å². The number of thiazole rings is 1. The molecule has 0 saturated heterocycles.